The maximum absolute atomic E-state index is 12.8. The zero-order valence-corrected chi connectivity index (χ0v) is 15.2. The number of hydrogen-bond donors (Lipinski definition) is 0. The molecule has 7 nitrogen and oxygen atoms in total. The Morgan fingerprint density at radius 1 is 0.962 bits per heavy atom. The predicted octanol–water partition coefficient (Wildman–Crippen LogP) is 2.20. The van der Waals surface area contributed by atoms with Crippen molar-refractivity contribution in [1.29, 1.82) is 0 Å². The second-order valence-corrected chi connectivity index (χ2v) is 6.08. The van der Waals surface area contributed by atoms with Gasteiger partial charge in [0.1, 0.15) is 11.5 Å². The summed E-state index contributed by atoms with van der Waals surface area (Å²) in [7, 11) is 3.08. The summed E-state index contributed by atoms with van der Waals surface area (Å²) < 4.78 is 15.8. The van der Waals surface area contributed by atoms with Crippen LogP contribution < -0.4 is 9.47 Å². The number of methoxy groups -OCH3 is 2. The topological polar surface area (TPSA) is 72.2 Å². The summed E-state index contributed by atoms with van der Waals surface area (Å²) in [4.78, 5) is 28.8. The Morgan fingerprint density at radius 2 is 1.62 bits per heavy atom. The van der Waals surface area contributed by atoms with E-state index in [2.05, 4.69) is 0 Å². The van der Waals surface area contributed by atoms with E-state index in [4.69, 9.17) is 13.9 Å². The minimum atomic E-state index is -0.137. The lowest BCUT2D eigenvalue weighted by Gasteiger charge is -2.34. The molecule has 2 amide bonds. The fourth-order valence-corrected chi connectivity index (χ4v) is 2.99. The lowest BCUT2D eigenvalue weighted by molar-refractivity contribution is 0.0515. The third-order valence-electron chi connectivity index (χ3n) is 4.55. The third kappa shape index (κ3) is 3.37. The lowest BCUT2D eigenvalue weighted by Crippen LogP contribution is -2.50. The molecule has 1 aliphatic heterocycles. The van der Waals surface area contributed by atoms with E-state index in [0.29, 0.717) is 49.0 Å². The second kappa shape index (κ2) is 7.51. The van der Waals surface area contributed by atoms with Gasteiger partial charge in [-0.15, -0.1) is 0 Å². The van der Waals surface area contributed by atoms with Gasteiger partial charge in [-0.05, 0) is 25.1 Å². The summed E-state index contributed by atoms with van der Waals surface area (Å²) in [5.74, 6) is 1.20. The van der Waals surface area contributed by atoms with Crippen LogP contribution in [-0.4, -0.2) is 62.0 Å². The molecule has 138 valence electrons. The van der Waals surface area contributed by atoms with E-state index < -0.39 is 0 Å². The van der Waals surface area contributed by atoms with Gasteiger partial charge >= 0.3 is 0 Å². The molecule has 7 heteroatoms. The van der Waals surface area contributed by atoms with E-state index >= 15 is 0 Å². The van der Waals surface area contributed by atoms with E-state index in [9.17, 15) is 9.59 Å². The number of furan rings is 1. The molecular weight excluding hydrogens is 336 g/mol. The van der Waals surface area contributed by atoms with Gasteiger partial charge in [0.25, 0.3) is 11.8 Å². The third-order valence-corrected chi connectivity index (χ3v) is 4.55. The first-order valence-electron chi connectivity index (χ1n) is 8.39. The molecule has 26 heavy (non-hydrogen) atoms. The number of nitrogens with zero attached hydrogens (tertiary/aromatic N) is 2. The van der Waals surface area contributed by atoms with Gasteiger partial charge in [0, 0.05) is 37.8 Å². The summed E-state index contributed by atoms with van der Waals surface area (Å²) in [5, 5.41) is 0. The molecule has 0 atom stereocenters. The molecule has 0 radical (unpaired) electrons. The van der Waals surface area contributed by atoms with Crippen molar-refractivity contribution >= 4 is 11.8 Å². The predicted molar refractivity (Wildman–Crippen MR) is 94.8 cm³/mol. The SMILES string of the molecule is COc1ccc(C(=O)N2CCN(C(=O)c3occc3C)CC2)c(OC)c1. The summed E-state index contributed by atoms with van der Waals surface area (Å²) in [6, 6.07) is 6.88. The Hall–Kier alpha value is -2.96. The van der Waals surface area contributed by atoms with Crippen molar-refractivity contribution in [3.05, 3.63) is 47.4 Å². The first-order chi connectivity index (χ1) is 12.5. The van der Waals surface area contributed by atoms with E-state index in [1.54, 1.807) is 41.2 Å². The number of amides is 2. The Bertz CT molecular complexity index is 806. The number of rotatable bonds is 4. The molecule has 3 rings (SSSR count). The van der Waals surface area contributed by atoms with Crippen LogP contribution in [0.4, 0.5) is 0 Å². The monoisotopic (exact) mass is 358 g/mol. The van der Waals surface area contributed by atoms with E-state index in [-0.39, 0.29) is 11.8 Å². The van der Waals surface area contributed by atoms with Crippen molar-refractivity contribution in [2.45, 2.75) is 6.92 Å². The molecule has 1 aliphatic rings. The largest absolute Gasteiger partial charge is 0.497 e. The highest BCUT2D eigenvalue weighted by atomic mass is 16.5. The second-order valence-electron chi connectivity index (χ2n) is 6.08. The molecule has 1 saturated heterocycles. The number of aryl methyl sites for hydroxylation is 1. The van der Waals surface area contributed by atoms with Crippen LogP contribution in [0.2, 0.25) is 0 Å². The summed E-state index contributed by atoms with van der Waals surface area (Å²) >= 11 is 0. The quantitative estimate of drug-likeness (QED) is 0.838. The molecule has 1 aromatic carbocycles. The number of carbonyl (C=O) groups excluding carboxylic acids is 2. The van der Waals surface area contributed by atoms with Crippen LogP contribution >= 0.6 is 0 Å². The molecule has 0 saturated carbocycles. The lowest BCUT2D eigenvalue weighted by atomic mass is 10.1. The summed E-state index contributed by atoms with van der Waals surface area (Å²) in [6.07, 6.45) is 1.51. The average Bonchev–Trinajstić information content (AvgIpc) is 3.12. The van der Waals surface area contributed by atoms with Crippen molar-refractivity contribution < 1.29 is 23.5 Å². The number of benzene rings is 1. The van der Waals surface area contributed by atoms with Gasteiger partial charge in [-0.3, -0.25) is 9.59 Å². The van der Waals surface area contributed by atoms with Gasteiger partial charge < -0.3 is 23.7 Å². The fourth-order valence-electron chi connectivity index (χ4n) is 2.99. The van der Waals surface area contributed by atoms with Gasteiger partial charge in [-0.1, -0.05) is 0 Å². The Kier molecular flexibility index (Phi) is 5.16. The van der Waals surface area contributed by atoms with Gasteiger partial charge in [0.2, 0.25) is 0 Å². The van der Waals surface area contributed by atoms with E-state index in [1.807, 2.05) is 6.92 Å². The normalized spacial score (nSPS) is 14.3. The number of piperazine rings is 1. The zero-order valence-electron chi connectivity index (χ0n) is 15.2. The Balaban J connectivity index is 1.67. The minimum absolute atomic E-state index is 0.120. The number of hydrogen-bond acceptors (Lipinski definition) is 5. The highest BCUT2D eigenvalue weighted by molar-refractivity contribution is 5.97. The number of ether oxygens (including phenoxy) is 2. The van der Waals surface area contributed by atoms with Crippen molar-refractivity contribution in [2.24, 2.45) is 0 Å². The molecule has 0 N–H and O–H groups in total. The molecule has 1 fully saturated rings. The smallest absolute Gasteiger partial charge is 0.289 e. The van der Waals surface area contributed by atoms with Crippen molar-refractivity contribution in [1.82, 2.24) is 9.80 Å². The van der Waals surface area contributed by atoms with Gasteiger partial charge in [0.05, 0.1) is 26.0 Å². The zero-order chi connectivity index (χ0) is 18.7. The average molecular weight is 358 g/mol. The van der Waals surface area contributed by atoms with Gasteiger partial charge in [-0.2, -0.15) is 0 Å². The van der Waals surface area contributed by atoms with E-state index in [0.717, 1.165) is 5.56 Å². The van der Waals surface area contributed by atoms with Crippen molar-refractivity contribution in [3.63, 3.8) is 0 Å². The van der Waals surface area contributed by atoms with Crippen LogP contribution in [0.15, 0.2) is 34.9 Å². The first kappa shape index (κ1) is 17.8. The molecular formula is C19H22N2O5. The van der Waals surface area contributed by atoms with Gasteiger partial charge in [0.15, 0.2) is 5.76 Å². The van der Waals surface area contributed by atoms with E-state index in [1.165, 1.54) is 13.4 Å². The first-order valence-corrected chi connectivity index (χ1v) is 8.39. The maximum atomic E-state index is 12.8. The van der Waals surface area contributed by atoms with Crippen LogP contribution in [0, 0.1) is 6.92 Å². The summed E-state index contributed by atoms with van der Waals surface area (Å²) in [6.45, 7) is 3.68. The van der Waals surface area contributed by atoms with Crippen LogP contribution in [0.1, 0.15) is 26.5 Å². The molecule has 2 aromatic rings. The van der Waals surface area contributed by atoms with Crippen LogP contribution in [-0.2, 0) is 0 Å². The van der Waals surface area contributed by atoms with Crippen molar-refractivity contribution in [2.75, 3.05) is 40.4 Å². The molecule has 0 spiro atoms. The number of carbonyl (C=O) groups is 2. The standard InChI is InChI=1S/C19H22N2O5/c1-13-6-11-26-17(13)19(23)21-9-7-20(8-10-21)18(22)15-5-4-14(24-2)12-16(15)25-3/h4-6,11-12H,7-10H2,1-3H3. The fraction of sp³-hybridized carbons (Fsp3) is 0.368. The highest BCUT2D eigenvalue weighted by Gasteiger charge is 2.28. The van der Waals surface area contributed by atoms with Crippen LogP contribution in [0.25, 0.3) is 0 Å². The molecule has 0 aliphatic carbocycles. The molecule has 2 heterocycles. The molecule has 0 bridgehead atoms. The highest BCUT2D eigenvalue weighted by Crippen LogP contribution is 2.26. The Morgan fingerprint density at radius 3 is 2.15 bits per heavy atom. The molecule has 0 unspecified atom stereocenters. The maximum Gasteiger partial charge on any atom is 0.289 e. The van der Waals surface area contributed by atoms with Crippen LogP contribution in [0.5, 0.6) is 11.5 Å². The molecule has 1 aromatic heterocycles. The Labute approximate surface area is 152 Å². The minimum Gasteiger partial charge on any atom is -0.497 e. The summed E-state index contributed by atoms with van der Waals surface area (Å²) in [5.41, 5.74) is 1.30. The van der Waals surface area contributed by atoms with Crippen molar-refractivity contribution in [3.8, 4) is 11.5 Å². The van der Waals surface area contributed by atoms with Gasteiger partial charge in [-0.25, -0.2) is 0 Å². The van der Waals surface area contributed by atoms with Crippen LogP contribution in [0.3, 0.4) is 0 Å².